The molecule has 0 saturated heterocycles. The molecule has 0 radical (unpaired) electrons. The number of anilines is 3. The van der Waals surface area contributed by atoms with Gasteiger partial charge in [0.25, 0.3) is 0 Å². The minimum atomic E-state index is -1.19. The van der Waals surface area contributed by atoms with Crippen molar-refractivity contribution in [2.24, 2.45) is 4.99 Å². The highest BCUT2D eigenvalue weighted by Gasteiger charge is 2.33. The molecule has 0 amide bonds. The monoisotopic (exact) mass is 388 g/mol. The Kier molecular flexibility index (Phi) is 4.44. The third kappa shape index (κ3) is 2.82. The van der Waals surface area contributed by atoms with Gasteiger partial charge in [0.15, 0.2) is 6.19 Å². The molecule has 0 bridgehead atoms. The van der Waals surface area contributed by atoms with Crippen LogP contribution in [0.4, 0.5) is 26.1 Å². The van der Waals surface area contributed by atoms with Crippen molar-refractivity contribution in [2.75, 3.05) is 16.8 Å². The number of halogens is 3. The predicted molar refractivity (Wildman–Crippen MR) is 95.5 cm³/mol. The summed E-state index contributed by atoms with van der Waals surface area (Å²) in [7, 11) is 0. The van der Waals surface area contributed by atoms with Crippen molar-refractivity contribution in [2.45, 2.75) is 13.0 Å². The molecule has 2 aromatic rings. The molecule has 1 aliphatic rings. The van der Waals surface area contributed by atoms with Crippen LogP contribution in [0.5, 0.6) is 0 Å². The lowest BCUT2D eigenvalue weighted by Gasteiger charge is -2.27. The average Bonchev–Trinajstić information content (AvgIpc) is 2.60. The van der Waals surface area contributed by atoms with E-state index in [2.05, 4.69) is 20.6 Å². The zero-order chi connectivity index (χ0) is 19.9. The number of nitriles is 2. The topological polar surface area (TPSA) is 149 Å². The Morgan fingerprint density at radius 3 is 2.63 bits per heavy atom. The van der Waals surface area contributed by atoms with Crippen molar-refractivity contribution in [3.05, 3.63) is 45.0 Å². The van der Waals surface area contributed by atoms with Crippen LogP contribution >= 0.6 is 11.6 Å². The number of aromatic nitrogens is 1. The first kappa shape index (κ1) is 18.2. The first-order chi connectivity index (χ1) is 12.8. The van der Waals surface area contributed by atoms with Crippen molar-refractivity contribution in [1.82, 2.24) is 10.3 Å². The van der Waals surface area contributed by atoms with Crippen LogP contribution in [0.2, 0.25) is 5.02 Å². The van der Waals surface area contributed by atoms with E-state index in [1.165, 1.54) is 6.92 Å². The maximum Gasteiger partial charge on any atom is 0.211 e. The van der Waals surface area contributed by atoms with Crippen LogP contribution in [-0.2, 0) is 0 Å². The quantitative estimate of drug-likeness (QED) is 0.432. The molecule has 0 spiro atoms. The molecule has 6 N–H and O–H groups in total. The Balaban J connectivity index is 2.36. The molecule has 11 heteroatoms. The van der Waals surface area contributed by atoms with Gasteiger partial charge in [-0.15, -0.1) is 0 Å². The van der Waals surface area contributed by atoms with E-state index < -0.39 is 17.7 Å². The van der Waals surface area contributed by atoms with E-state index in [0.29, 0.717) is 0 Å². The number of fused-ring (bicyclic) bond motifs is 1. The highest BCUT2D eigenvalue weighted by molar-refractivity contribution is 6.31. The molecular formula is C16H11ClF2N8. The van der Waals surface area contributed by atoms with Gasteiger partial charge in [-0.25, -0.2) is 18.8 Å². The zero-order valence-electron chi connectivity index (χ0n) is 13.7. The minimum Gasteiger partial charge on any atom is -0.397 e. The summed E-state index contributed by atoms with van der Waals surface area (Å²) in [5.41, 5.74) is 11.3. The molecule has 0 fully saturated rings. The van der Waals surface area contributed by atoms with Crippen LogP contribution in [-0.4, -0.2) is 10.9 Å². The molecule has 0 saturated carbocycles. The normalized spacial score (nSPS) is 15.0. The van der Waals surface area contributed by atoms with Gasteiger partial charge in [0, 0.05) is 16.7 Å². The van der Waals surface area contributed by atoms with E-state index in [1.54, 1.807) is 6.19 Å². The molecule has 1 aliphatic heterocycles. The first-order valence-corrected chi connectivity index (χ1v) is 7.80. The summed E-state index contributed by atoms with van der Waals surface area (Å²) in [6.07, 6.45) is 1.67. The van der Waals surface area contributed by atoms with Gasteiger partial charge < -0.3 is 16.8 Å². The van der Waals surface area contributed by atoms with E-state index >= 15 is 0 Å². The summed E-state index contributed by atoms with van der Waals surface area (Å²) in [6.45, 7) is 1.25. The van der Waals surface area contributed by atoms with Gasteiger partial charge in [-0.2, -0.15) is 10.5 Å². The lowest BCUT2D eigenvalue weighted by molar-refractivity contribution is 0.551. The molecule has 3 rings (SSSR count). The van der Waals surface area contributed by atoms with Gasteiger partial charge in [0.1, 0.15) is 40.9 Å². The van der Waals surface area contributed by atoms with E-state index in [0.717, 1.165) is 6.07 Å². The fourth-order valence-electron chi connectivity index (χ4n) is 2.75. The van der Waals surface area contributed by atoms with Crippen LogP contribution < -0.4 is 22.1 Å². The Bertz CT molecular complexity index is 1080. The fraction of sp³-hybridized carbons (Fsp3) is 0.125. The maximum atomic E-state index is 14.9. The van der Waals surface area contributed by atoms with Crippen molar-refractivity contribution < 1.29 is 8.78 Å². The third-order valence-corrected chi connectivity index (χ3v) is 4.38. The van der Waals surface area contributed by atoms with Crippen LogP contribution in [0, 0.1) is 41.3 Å². The van der Waals surface area contributed by atoms with Gasteiger partial charge in [0.05, 0.1) is 10.7 Å². The second-order valence-corrected chi connectivity index (χ2v) is 6.00. The number of nitrogens with two attached hydrogens (primary N) is 2. The van der Waals surface area contributed by atoms with Gasteiger partial charge in [-0.1, -0.05) is 11.6 Å². The number of benzene rings is 1. The van der Waals surface area contributed by atoms with Crippen LogP contribution in [0.3, 0.4) is 0 Å². The third-order valence-electron chi connectivity index (χ3n) is 4.07. The zero-order valence-corrected chi connectivity index (χ0v) is 14.5. The maximum absolute atomic E-state index is 14.9. The Morgan fingerprint density at radius 1 is 1.30 bits per heavy atom. The molecule has 27 heavy (non-hydrogen) atoms. The number of hydrogen-bond acceptors (Lipinski definition) is 8. The molecule has 136 valence electrons. The van der Waals surface area contributed by atoms with E-state index in [-0.39, 0.29) is 50.6 Å². The first-order valence-electron chi connectivity index (χ1n) is 7.43. The second-order valence-electron chi connectivity index (χ2n) is 5.59. The smallest absolute Gasteiger partial charge is 0.211 e. The Labute approximate surface area is 157 Å². The summed E-state index contributed by atoms with van der Waals surface area (Å²) in [4.78, 5) is 8.24. The average molecular weight is 389 g/mol. The largest absolute Gasteiger partial charge is 0.397 e. The fourth-order valence-corrected chi connectivity index (χ4v) is 3.03. The molecular weight excluding hydrogens is 378 g/mol. The van der Waals surface area contributed by atoms with Crippen LogP contribution in [0.1, 0.15) is 28.3 Å². The van der Waals surface area contributed by atoms with Crippen molar-refractivity contribution in [3.63, 3.8) is 0 Å². The number of nitrogens with one attached hydrogen (secondary N) is 2. The van der Waals surface area contributed by atoms with Crippen LogP contribution in [0.15, 0.2) is 11.1 Å². The van der Waals surface area contributed by atoms with E-state index in [1.807, 2.05) is 6.07 Å². The predicted octanol–water partition coefficient (Wildman–Crippen LogP) is 2.30. The number of nitrogen functional groups attached to an aromatic ring is 2. The molecule has 2 heterocycles. The minimum absolute atomic E-state index is 0.0662. The SMILES string of the molecule is Cc1c(F)cc(Cl)c(C2N=C(NC#N)Nc3nc(N)c(C#N)c(N)c32)c1F. The van der Waals surface area contributed by atoms with Crippen molar-refractivity contribution in [1.29, 1.82) is 10.5 Å². The highest BCUT2D eigenvalue weighted by Crippen LogP contribution is 2.44. The molecule has 1 aromatic carbocycles. The molecule has 1 aromatic heterocycles. The lowest BCUT2D eigenvalue weighted by atomic mass is 9.93. The van der Waals surface area contributed by atoms with Crippen LogP contribution in [0.25, 0.3) is 0 Å². The number of nitrogens with zero attached hydrogens (tertiary/aromatic N) is 4. The molecule has 1 unspecified atom stereocenters. The Morgan fingerprint density at radius 2 is 2.00 bits per heavy atom. The van der Waals surface area contributed by atoms with E-state index in [4.69, 9.17) is 28.3 Å². The number of rotatable bonds is 1. The van der Waals surface area contributed by atoms with Gasteiger partial charge in [-0.3, -0.25) is 5.32 Å². The number of guanidine groups is 1. The summed E-state index contributed by atoms with van der Waals surface area (Å²) >= 11 is 6.08. The molecule has 0 aliphatic carbocycles. The highest BCUT2D eigenvalue weighted by atomic mass is 35.5. The summed E-state index contributed by atoms with van der Waals surface area (Å²) in [6, 6.07) is 1.59. The lowest BCUT2D eigenvalue weighted by Crippen LogP contribution is -2.33. The number of aliphatic imine (C=N–C) groups is 1. The summed E-state index contributed by atoms with van der Waals surface area (Å²) < 4.78 is 28.7. The Hall–Kier alpha value is -3.63. The standard InChI is InChI=1S/C16H11ClF2N8/c1-5-8(18)2-7(17)9(11(5)19)13-10-12(22)6(3-20)14(23)26-15(10)27-16(25-13)24-4-21/h2,13H,1H3,(H6,22,23,24,25,26,27). The van der Waals surface area contributed by atoms with E-state index in [9.17, 15) is 14.0 Å². The second kappa shape index (κ2) is 6.59. The van der Waals surface area contributed by atoms with Crippen molar-refractivity contribution >= 4 is 34.9 Å². The van der Waals surface area contributed by atoms with Crippen molar-refractivity contribution in [3.8, 4) is 12.3 Å². The summed E-state index contributed by atoms with van der Waals surface area (Å²) in [5, 5.41) is 22.9. The van der Waals surface area contributed by atoms with Gasteiger partial charge >= 0.3 is 0 Å². The molecule has 1 atom stereocenters. The van der Waals surface area contributed by atoms with Gasteiger partial charge in [0.2, 0.25) is 5.96 Å². The molecule has 8 nitrogen and oxygen atoms in total. The number of hydrogen-bond donors (Lipinski definition) is 4. The van der Waals surface area contributed by atoms with Gasteiger partial charge in [-0.05, 0) is 13.0 Å². The number of pyridine rings is 1. The summed E-state index contributed by atoms with van der Waals surface area (Å²) in [5.74, 6) is -1.90.